The van der Waals surface area contributed by atoms with Crippen molar-refractivity contribution in [3.05, 3.63) is 58.5 Å². The second-order valence-electron chi connectivity index (χ2n) is 5.10. The van der Waals surface area contributed by atoms with Crippen LogP contribution < -0.4 is 5.32 Å². The van der Waals surface area contributed by atoms with Crippen LogP contribution in [-0.2, 0) is 0 Å². The molecule has 0 spiro atoms. The molecular weight excluding hydrogens is 256 g/mol. The number of rotatable bonds is 5. The molecule has 0 saturated heterocycles. The minimum absolute atomic E-state index is 0.829. The highest BCUT2D eigenvalue weighted by Gasteiger charge is 2.12. The number of allylic oxidation sites excluding steroid dienone is 9. The third-order valence-electron chi connectivity index (χ3n) is 3.24. The molecule has 0 aromatic rings. The quantitative estimate of drug-likeness (QED) is 0.453. The van der Waals surface area contributed by atoms with Crippen LogP contribution in [0.3, 0.4) is 0 Å². The summed E-state index contributed by atoms with van der Waals surface area (Å²) in [7, 11) is 1.92. The lowest BCUT2D eigenvalue weighted by molar-refractivity contribution is 0.944. The Labute approximate surface area is 128 Å². The van der Waals surface area contributed by atoms with Gasteiger partial charge in [0.15, 0.2) is 0 Å². The molecule has 0 heterocycles. The lowest BCUT2D eigenvalue weighted by atomic mass is 10.1. The summed E-state index contributed by atoms with van der Waals surface area (Å²) in [6, 6.07) is 0. The van der Waals surface area contributed by atoms with Crippen LogP contribution in [0.2, 0.25) is 0 Å². The summed E-state index contributed by atoms with van der Waals surface area (Å²) in [5.74, 6) is 2.66. The molecule has 0 radical (unpaired) electrons. The van der Waals surface area contributed by atoms with E-state index >= 15 is 0 Å². The number of terminal acetylenes is 1. The maximum Gasteiger partial charge on any atom is 0.0854 e. The summed E-state index contributed by atoms with van der Waals surface area (Å²) in [6.45, 7) is 8.10. The minimum atomic E-state index is 0.829. The van der Waals surface area contributed by atoms with Crippen LogP contribution >= 0.6 is 0 Å². The van der Waals surface area contributed by atoms with Crippen molar-refractivity contribution < 1.29 is 0 Å². The number of aliphatic imine (C=N–C) groups is 1. The van der Waals surface area contributed by atoms with Gasteiger partial charge < -0.3 is 5.32 Å². The molecule has 2 heteroatoms. The van der Waals surface area contributed by atoms with Crippen molar-refractivity contribution in [1.29, 1.82) is 0 Å². The number of nitrogens with one attached hydrogen (secondary N) is 1. The van der Waals surface area contributed by atoms with Crippen LogP contribution in [-0.4, -0.2) is 12.8 Å². The average molecular weight is 280 g/mol. The van der Waals surface area contributed by atoms with E-state index in [-0.39, 0.29) is 0 Å². The van der Waals surface area contributed by atoms with Crippen LogP contribution in [0, 0.1) is 12.3 Å². The van der Waals surface area contributed by atoms with Gasteiger partial charge in [-0.25, -0.2) is 0 Å². The molecule has 0 aliphatic heterocycles. The maximum atomic E-state index is 5.50. The van der Waals surface area contributed by atoms with E-state index in [0.717, 1.165) is 29.1 Å². The number of nitrogens with zero attached hydrogens (tertiary/aromatic N) is 1. The number of hydrogen-bond donors (Lipinski definition) is 1. The molecule has 0 aromatic heterocycles. The lowest BCUT2D eigenvalue weighted by Gasteiger charge is -2.10. The average Bonchev–Trinajstić information content (AvgIpc) is 2.89. The van der Waals surface area contributed by atoms with Crippen molar-refractivity contribution in [2.24, 2.45) is 4.99 Å². The largest absolute Gasteiger partial charge is 0.390 e. The summed E-state index contributed by atoms with van der Waals surface area (Å²) in [6.07, 6.45) is 16.5. The molecule has 0 fully saturated rings. The second-order valence-corrected chi connectivity index (χ2v) is 5.10. The van der Waals surface area contributed by atoms with E-state index in [2.05, 4.69) is 30.3 Å². The van der Waals surface area contributed by atoms with Crippen molar-refractivity contribution in [3.8, 4) is 12.3 Å². The lowest BCUT2D eigenvalue weighted by Crippen LogP contribution is -2.07. The zero-order valence-corrected chi connectivity index (χ0v) is 13.6. The maximum absolute atomic E-state index is 5.50. The van der Waals surface area contributed by atoms with Gasteiger partial charge in [0.2, 0.25) is 0 Å². The zero-order valence-electron chi connectivity index (χ0n) is 13.6. The third kappa shape index (κ3) is 4.96. The Morgan fingerprint density at radius 1 is 1.38 bits per heavy atom. The van der Waals surface area contributed by atoms with Gasteiger partial charge in [-0.2, -0.15) is 0 Å². The Morgan fingerprint density at radius 2 is 2.10 bits per heavy atom. The highest BCUT2D eigenvalue weighted by molar-refractivity contribution is 5.95. The van der Waals surface area contributed by atoms with Crippen molar-refractivity contribution in [2.75, 3.05) is 7.05 Å². The zero-order chi connectivity index (χ0) is 15.8. The molecule has 0 atom stereocenters. The van der Waals surface area contributed by atoms with Crippen LogP contribution in [0.5, 0.6) is 0 Å². The Balaban J connectivity index is 3.14. The van der Waals surface area contributed by atoms with Crippen molar-refractivity contribution in [1.82, 2.24) is 5.32 Å². The van der Waals surface area contributed by atoms with E-state index in [1.807, 2.05) is 46.0 Å². The molecule has 2 nitrogen and oxygen atoms in total. The van der Waals surface area contributed by atoms with E-state index in [9.17, 15) is 0 Å². The van der Waals surface area contributed by atoms with Crippen LogP contribution in [0.25, 0.3) is 0 Å². The second kappa shape index (κ2) is 8.11. The van der Waals surface area contributed by atoms with Gasteiger partial charge in [-0.1, -0.05) is 35.8 Å². The van der Waals surface area contributed by atoms with Gasteiger partial charge in [-0.3, -0.25) is 4.99 Å². The first-order chi connectivity index (χ1) is 10.0. The molecule has 110 valence electrons. The standard InChI is InChI=1S/C19H24N2/c1-7-9-17(8-2)13-15(4)21-19(16(5)20-6)18-11-10-14(3)12-18/h2,7,9-11,13,20H,12H2,1,3-6H3/b9-7-,17-13-,19-16+,21-15+. The topological polar surface area (TPSA) is 24.4 Å². The highest BCUT2D eigenvalue weighted by Crippen LogP contribution is 2.27. The SMILES string of the molecule is C#CC(/C=C\C)=C/C(C)=N/C(C1=CC=C(C)C1)=C(\C)NC. The predicted molar refractivity (Wildman–Crippen MR) is 93.1 cm³/mol. The van der Waals surface area contributed by atoms with E-state index < -0.39 is 0 Å². The predicted octanol–water partition coefficient (Wildman–Crippen LogP) is 4.31. The van der Waals surface area contributed by atoms with E-state index in [4.69, 9.17) is 11.4 Å². The number of hydrogen-bond acceptors (Lipinski definition) is 2. The van der Waals surface area contributed by atoms with Crippen LogP contribution in [0.1, 0.15) is 34.1 Å². The third-order valence-corrected chi connectivity index (χ3v) is 3.24. The first kappa shape index (κ1) is 16.8. The summed E-state index contributed by atoms with van der Waals surface area (Å²) in [5, 5.41) is 3.19. The van der Waals surface area contributed by atoms with E-state index in [0.29, 0.717) is 0 Å². The molecule has 0 aromatic carbocycles. The van der Waals surface area contributed by atoms with Crippen molar-refractivity contribution in [2.45, 2.75) is 34.1 Å². The van der Waals surface area contributed by atoms with E-state index in [1.54, 1.807) is 0 Å². The Hall–Kier alpha value is -2.27. The Morgan fingerprint density at radius 3 is 2.57 bits per heavy atom. The molecule has 0 bridgehead atoms. The molecule has 0 saturated carbocycles. The van der Waals surface area contributed by atoms with Gasteiger partial charge >= 0.3 is 0 Å². The van der Waals surface area contributed by atoms with Gasteiger partial charge in [0.05, 0.1) is 5.70 Å². The Bertz CT molecular complexity index is 614. The van der Waals surface area contributed by atoms with Crippen molar-refractivity contribution in [3.63, 3.8) is 0 Å². The van der Waals surface area contributed by atoms with Crippen molar-refractivity contribution >= 4 is 5.71 Å². The summed E-state index contributed by atoms with van der Waals surface area (Å²) in [4.78, 5) is 4.76. The normalized spacial score (nSPS) is 17.3. The molecule has 1 N–H and O–H groups in total. The fourth-order valence-electron chi connectivity index (χ4n) is 2.09. The summed E-state index contributed by atoms with van der Waals surface area (Å²) < 4.78 is 0. The van der Waals surface area contributed by atoms with Crippen LogP contribution in [0.4, 0.5) is 0 Å². The van der Waals surface area contributed by atoms with Gasteiger partial charge in [0, 0.05) is 24.0 Å². The fourth-order valence-corrected chi connectivity index (χ4v) is 2.09. The van der Waals surface area contributed by atoms with Crippen LogP contribution in [0.15, 0.2) is 63.5 Å². The molecule has 21 heavy (non-hydrogen) atoms. The summed E-state index contributed by atoms with van der Waals surface area (Å²) in [5.41, 5.74) is 6.38. The molecule has 1 aliphatic rings. The highest BCUT2D eigenvalue weighted by atomic mass is 14.9. The monoisotopic (exact) mass is 280 g/mol. The Kier molecular flexibility index (Phi) is 6.49. The molecule has 0 unspecified atom stereocenters. The van der Waals surface area contributed by atoms with Gasteiger partial charge in [0.1, 0.15) is 0 Å². The smallest absolute Gasteiger partial charge is 0.0854 e. The first-order valence-electron chi connectivity index (χ1n) is 7.13. The first-order valence-corrected chi connectivity index (χ1v) is 7.13. The minimum Gasteiger partial charge on any atom is -0.390 e. The molecular formula is C19H24N2. The van der Waals surface area contributed by atoms with E-state index in [1.165, 1.54) is 11.1 Å². The molecule has 0 amide bonds. The van der Waals surface area contributed by atoms with Gasteiger partial charge in [-0.15, -0.1) is 6.42 Å². The van der Waals surface area contributed by atoms with Gasteiger partial charge in [-0.05, 0) is 45.8 Å². The van der Waals surface area contributed by atoms with Gasteiger partial charge in [0.25, 0.3) is 0 Å². The fraction of sp³-hybridized carbons (Fsp3) is 0.316. The molecule has 1 rings (SSSR count). The molecule has 1 aliphatic carbocycles. The summed E-state index contributed by atoms with van der Waals surface area (Å²) >= 11 is 0.